The maximum atomic E-state index is 12.4. The van der Waals surface area contributed by atoms with Gasteiger partial charge in [-0.2, -0.15) is 0 Å². The van der Waals surface area contributed by atoms with Gasteiger partial charge in [0.05, 0.1) is 11.7 Å². The third kappa shape index (κ3) is 2.97. The normalized spacial score (nSPS) is 33.5. The van der Waals surface area contributed by atoms with Crippen LogP contribution >= 0.6 is 0 Å². The van der Waals surface area contributed by atoms with Crippen LogP contribution in [0.15, 0.2) is 48.5 Å². The number of esters is 1. The molecular weight excluding hydrogens is 348 g/mol. The smallest absolute Gasteiger partial charge is 0.343 e. The van der Waals surface area contributed by atoms with Crippen molar-refractivity contribution in [2.45, 2.75) is 57.5 Å². The molecule has 5 atom stereocenters. The van der Waals surface area contributed by atoms with Gasteiger partial charge < -0.3 is 9.84 Å². The SMILES string of the molecule is C[C@@]12CC[C@@H]3c4ccc(OC(=O)c5ccccc5)cc4CC[C@@H]3[C@@H]1C[C@H](O)C2. The van der Waals surface area contributed by atoms with Crippen molar-refractivity contribution in [3.05, 3.63) is 65.2 Å². The van der Waals surface area contributed by atoms with Gasteiger partial charge in [-0.15, -0.1) is 0 Å². The largest absolute Gasteiger partial charge is 0.423 e. The molecule has 0 spiro atoms. The number of aliphatic hydroxyl groups excluding tert-OH is 1. The van der Waals surface area contributed by atoms with Crippen LogP contribution < -0.4 is 4.74 Å². The zero-order valence-corrected chi connectivity index (χ0v) is 16.4. The van der Waals surface area contributed by atoms with E-state index < -0.39 is 0 Å². The molecule has 0 unspecified atom stereocenters. The van der Waals surface area contributed by atoms with Crippen LogP contribution in [0.25, 0.3) is 0 Å². The molecule has 0 radical (unpaired) electrons. The van der Waals surface area contributed by atoms with Crippen molar-refractivity contribution < 1.29 is 14.6 Å². The number of fused-ring (bicyclic) bond motifs is 5. The topological polar surface area (TPSA) is 46.5 Å². The molecule has 2 saturated carbocycles. The highest BCUT2D eigenvalue weighted by atomic mass is 16.5. The molecule has 3 nitrogen and oxygen atoms in total. The molecule has 0 bridgehead atoms. The van der Waals surface area contributed by atoms with Crippen LogP contribution in [-0.2, 0) is 6.42 Å². The molecule has 2 fully saturated rings. The Morgan fingerprint density at radius 1 is 1.14 bits per heavy atom. The predicted octanol–water partition coefficient (Wildman–Crippen LogP) is 5.12. The van der Waals surface area contributed by atoms with Crippen molar-refractivity contribution in [2.75, 3.05) is 0 Å². The Labute approximate surface area is 166 Å². The molecule has 3 aliphatic rings. The summed E-state index contributed by atoms with van der Waals surface area (Å²) in [4.78, 5) is 12.4. The van der Waals surface area contributed by atoms with E-state index in [1.165, 1.54) is 30.4 Å². The number of aliphatic hydroxyl groups is 1. The predicted molar refractivity (Wildman–Crippen MR) is 108 cm³/mol. The molecule has 0 heterocycles. The summed E-state index contributed by atoms with van der Waals surface area (Å²) in [6.07, 6.45) is 6.47. The fraction of sp³-hybridized carbons (Fsp3) is 0.480. The van der Waals surface area contributed by atoms with E-state index in [-0.39, 0.29) is 12.1 Å². The van der Waals surface area contributed by atoms with Crippen LogP contribution in [0, 0.1) is 17.3 Å². The van der Waals surface area contributed by atoms with E-state index in [4.69, 9.17) is 4.74 Å². The van der Waals surface area contributed by atoms with Crippen LogP contribution in [0.3, 0.4) is 0 Å². The third-order valence-electron chi connectivity index (χ3n) is 7.66. The Kier molecular flexibility index (Phi) is 4.31. The number of benzene rings is 2. The number of hydrogen-bond donors (Lipinski definition) is 1. The number of hydrogen-bond acceptors (Lipinski definition) is 3. The number of carbonyl (C=O) groups excluding carboxylic acids is 1. The number of rotatable bonds is 2. The first-order valence-corrected chi connectivity index (χ1v) is 10.6. The quantitative estimate of drug-likeness (QED) is 0.584. The van der Waals surface area contributed by atoms with Gasteiger partial charge in [-0.1, -0.05) is 31.2 Å². The van der Waals surface area contributed by atoms with Crippen molar-refractivity contribution in [1.82, 2.24) is 0 Å². The van der Waals surface area contributed by atoms with Crippen LogP contribution in [0.5, 0.6) is 5.75 Å². The van der Waals surface area contributed by atoms with Crippen molar-refractivity contribution in [2.24, 2.45) is 17.3 Å². The molecule has 28 heavy (non-hydrogen) atoms. The Hall–Kier alpha value is -2.13. The summed E-state index contributed by atoms with van der Waals surface area (Å²) < 4.78 is 5.63. The van der Waals surface area contributed by atoms with Gasteiger partial charge in [0.15, 0.2) is 0 Å². The van der Waals surface area contributed by atoms with Crippen LogP contribution in [0.2, 0.25) is 0 Å². The second-order valence-electron chi connectivity index (χ2n) is 9.32. The van der Waals surface area contributed by atoms with E-state index in [0.29, 0.717) is 34.5 Å². The van der Waals surface area contributed by atoms with Gasteiger partial charge in [-0.3, -0.25) is 0 Å². The maximum Gasteiger partial charge on any atom is 0.343 e. The molecule has 0 aliphatic heterocycles. The molecule has 0 aromatic heterocycles. The van der Waals surface area contributed by atoms with Crippen LogP contribution in [0.4, 0.5) is 0 Å². The van der Waals surface area contributed by atoms with Gasteiger partial charge in [-0.25, -0.2) is 4.79 Å². The molecule has 2 aromatic carbocycles. The lowest BCUT2D eigenvalue weighted by atomic mass is 9.56. The lowest BCUT2D eigenvalue weighted by molar-refractivity contribution is 0.0594. The summed E-state index contributed by atoms with van der Waals surface area (Å²) in [6.45, 7) is 2.39. The molecular formula is C25H28O3. The number of carbonyl (C=O) groups is 1. The minimum absolute atomic E-state index is 0.116. The first kappa shape index (κ1) is 17.9. The Morgan fingerprint density at radius 2 is 1.96 bits per heavy atom. The van der Waals surface area contributed by atoms with Gasteiger partial charge in [0.1, 0.15) is 5.75 Å². The van der Waals surface area contributed by atoms with Gasteiger partial charge in [-0.05, 0) is 97.1 Å². The summed E-state index contributed by atoms with van der Waals surface area (Å²) in [7, 11) is 0. The monoisotopic (exact) mass is 376 g/mol. The highest BCUT2D eigenvalue weighted by Gasteiger charge is 2.52. The van der Waals surface area contributed by atoms with E-state index in [9.17, 15) is 9.90 Å². The summed E-state index contributed by atoms with van der Waals surface area (Å²) in [5, 5.41) is 10.3. The fourth-order valence-corrected chi connectivity index (χ4v) is 6.38. The van der Waals surface area contributed by atoms with Crippen molar-refractivity contribution >= 4 is 5.97 Å². The average molecular weight is 376 g/mol. The summed E-state index contributed by atoms with van der Waals surface area (Å²) >= 11 is 0. The first-order valence-electron chi connectivity index (χ1n) is 10.6. The van der Waals surface area contributed by atoms with Gasteiger partial charge in [0.2, 0.25) is 0 Å². The number of ether oxygens (including phenoxy) is 1. The van der Waals surface area contributed by atoms with Gasteiger partial charge >= 0.3 is 5.97 Å². The molecule has 1 N–H and O–H groups in total. The highest BCUT2D eigenvalue weighted by molar-refractivity contribution is 5.91. The van der Waals surface area contributed by atoms with E-state index in [1.54, 1.807) is 12.1 Å². The van der Waals surface area contributed by atoms with Crippen LogP contribution in [-0.4, -0.2) is 17.2 Å². The summed E-state index contributed by atoms with van der Waals surface area (Å²) in [6, 6.07) is 15.4. The Bertz CT molecular complexity index is 890. The molecule has 3 heteroatoms. The molecule has 0 saturated heterocycles. The van der Waals surface area contributed by atoms with Crippen molar-refractivity contribution in [3.8, 4) is 5.75 Å². The van der Waals surface area contributed by atoms with E-state index in [2.05, 4.69) is 19.1 Å². The fourth-order valence-electron chi connectivity index (χ4n) is 6.38. The summed E-state index contributed by atoms with van der Waals surface area (Å²) in [5.41, 5.74) is 3.68. The molecule has 3 aliphatic carbocycles. The Morgan fingerprint density at radius 3 is 2.79 bits per heavy atom. The molecule has 5 rings (SSSR count). The first-order chi connectivity index (χ1) is 13.5. The van der Waals surface area contributed by atoms with Gasteiger partial charge in [0.25, 0.3) is 0 Å². The Balaban J connectivity index is 1.37. The molecule has 146 valence electrons. The minimum Gasteiger partial charge on any atom is -0.423 e. The zero-order valence-electron chi connectivity index (χ0n) is 16.4. The standard InChI is InChI=1S/C25H28O3/c1-25-12-11-21-20-10-8-19(28-24(27)16-5-3-2-4-6-16)13-17(20)7-9-22(21)23(25)14-18(26)15-25/h2-6,8,10,13,18,21-23,26H,7,9,11-12,14-15H2,1H3/t18-,21+,22-,23-,25-/m0/s1. The van der Waals surface area contributed by atoms with Crippen molar-refractivity contribution in [1.29, 1.82) is 0 Å². The maximum absolute atomic E-state index is 12.4. The van der Waals surface area contributed by atoms with Crippen LogP contribution in [0.1, 0.15) is 66.4 Å². The third-order valence-corrected chi connectivity index (χ3v) is 7.66. The van der Waals surface area contributed by atoms with Gasteiger partial charge in [0, 0.05) is 0 Å². The average Bonchev–Trinajstić information content (AvgIpc) is 3.02. The number of aryl methyl sites for hydroxylation is 1. The second kappa shape index (κ2) is 6.73. The van der Waals surface area contributed by atoms with Crippen molar-refractivity contribution in [3.63, 3.8) is 0 Å². The lowest BCUT2D eigenvalue weighted by Crippen LogP contribution is -2.39. The second-order valence-corrected chi connectivity index (χ2v) is 9.32. The highest BCUT2D eigenvalue weighted by Crippen LogP contribution is 2.60. The van der Waals surface area contributed by atoms with E-state index >= 15 is 0 Å². The zero-order chi connectivity index (χ0) is 19.3. The van der Waals surface area contributed by atoms with E-state index in [1.807, 2.05) is 24.3 Å². The lowest BCUT2D eigenvalue weighted by Gasteiger charge is -2.49. The summed E-state index contributed by atoms with van der Waals surface area (Å²) in [5.74, 6) is 2.25. The van der Waals surface area contributed by atoms with E-state index in [0.717, 1.165) is 19.3 Å². The minimum atomic E-state index is -0.303. The molecule has 0 amide bonds. The molecule has 2 aromatic rings.